The van der Waals surface area contributed by atoms with Gasteiger partial charge in [0.15, 0.2) is 0 Å². The zero-order valence-electron chi connectivity index (χ0n) is 18.9. The van der Waals surface area contributed by atoms with E-state index in [2.05, 4.69) is 25.5 Å². The summed E-state index contributed by atoms with van der Waals surface area (Å²) in [4.78, 5) is 13.8. The molecule has 0 bridgehead atoms. The van der Waals surface area contributed by atoms with Gasteiger partial charge in [-0.2, -0.15) is 5.10 Å². The lowest BCUT2D eigenvalue weighted by Gasteiger charge is -2.30. The molecule has 9 nitrogen and oxygen atoms in total. The van der Waals surface area contributed by atoms with Crippen LogP contribution in [0.5, 0.6) is 11.8 Å². The Morgan fingerprint density at radius 2 is 1.91 bits per heavy atom. The maximum Gasteiger partial charge on any atom is 0.222 e. The van der Waals surface area contributed by atoms with E-state index in [1.165, 1.54) is 0 Å². The van der Waals surface area contributed by atoms with E-state index in [-0.39, 0.29) is 5.92 Å². The van der Waals surface area contributed by atoms with Gasteiger partial charge in [-0.15, -0.1) is 0 Å². The van der Waals surface area contributed by atoms with Crippen LogP contribution in [0.3, 0.4) is 0 Å². The number of ether oxygens (including phenoxy) is 3. The number of pyridine rings is 3. The van der Waals surface area contributed by atoms with Gasteiger partial charge in [-0.1, -0.05) is 6.07 Å². The largest absolute Gasteiger partial charge is 0.481 e. The van der Waals surface area contributed by atoms with Crippen LogP contribution in [-0.4, -0.2) is 52.1 Å². The van der Waals surface area contributed by atoms with Crippen molar-refractivity contribution in [1.82, 2.24) is 25.1 Å². The van der Waals surface area contributed by atoms with Crippen LogP contribution in [0.25, 0.3) is 22.3 Å². The van der Waals surface area contributed by atoms with Gasteiger partial charge in [-0.3, -0.25) is 5.10 Å². The normalized spacial score (nSPS) is 13.7. The maximum atomic E-state index is 5.85. The van der Waals surface area contributed by atoms with Gasteiger partial charge in [0, 0.05) is 36.0 Å². The predicted molar refractivity (Wildman–Crippen MR) is 125 cm³/mol. The second kappa shape index (κ2) is 9.03. The summed E-state index contributed by atoms with van der Waals surface area (Å²) < 4.78 is 16.9. The molecule has 4 aromatic rings. The maximum absolute atomic E-state index is 5.85. The van der Waals surface area contributed by atoms with Gasteiger partial charge >= 0.3 is 0 Å². The fourth-order valence-corrected chi connectivity index (χ4v) is 4.09. The highest BCUT2D eigenvalue weighted by Gasteiger charge is 2.31. The SMILES string of the molecule is CCOc1ncccc1-c1nc2c(C)[nH]nc2c(NCc2cccnc2OC)c1C1COC1. The number of hydrogen-bond donors (Lipinski definition) is 2. The van der Waals surface area contributed by atoms with E-state index in [4.69, 9.17) is 19.2 Å². The van der Waals surface area contributed by atoms with Gasteiger partial charge in [-0.05, 0) is 32.0 Å². The lowest BCUT2D eigenvalue weighted by atomic mass is 9.90. The zero-order chi connectivity index (χ0) is 22.8. The smallest absolute Gasteiger partial charge is 0.222 e. The number of anilines is 1. The first kappa shape index (κ1) is 21.1. The van der Waals surface area contributed by atoms with Crippen molar-refractivity contribution in [2.24, 2.45) is 0 Å². The zero-order valence-corrected chi connectivity index (χ0v) is 18.9. The predicted octanol–water partition coefficient (Wildman–Crippen LogP) is 3.86. The summed E-state index contributed by atoms with van der Waals surface area (Å²) in [6, 6.07) is 7.80. The monoisotopic (exact) mass is 446 g/mol. The Morgan fingerprint density at radius 1 is 1.12 bits per heavy atom. The summed E-state index contributed by atoms with van der Waals surface area (Å²) >= 11 is 0. The molecular formula is C24H26N6O3. The molecule has 33 heavy (non-hydrogen) atoms. The van der Waals surface area contributed by atoms with E-state index in [1.54, 1.807) is 19.5 Å². The molecule has 4 aromatic heterocycles. The first-order valence-electron chi connectivity index (χ1n) is 11.0. The van der Waals surface area contributed by atoms with Crippen LogP contribution in [0, 0.1) is 6.92 Å². The van der Waals surface area contributed by atoms with Crippen molar-refractivity contribution in [3.8, 4) is 23.0 Å². The van der Waals surface area contributed by atoms with E-state index in [1.807, 2.05) is 38.1 Å². The molecule has 0 atom stereocenters. The van der Waals surface area contributed by atoms with Gasteiger partial charge < -0.3 is 19.5 Å². The number of aryl methyl sites for hydroxylation is 1. The number of fused-ring (bicyclic) bond motifs is 1. The lowest BCUT2D eigenvalue weighted by Crippen LogP contribution is -2.27. The number of hydrogen-bond acceptors (Lipinski definition) is 8. The molecule has 0 aliphatic carbocycles. The number of rotatable bonds is 8. The fraction of sp³-hybridized carbons (Fsp3) is 0.333. The number of aromatic amines is 1. The van der Waals surface area contributed by atoms with Gasteiger partial charge in [-0.25, -0.2) is 15.0 Å². The van der Waals surface area contributed by atoms with Gasteiger partial charge in [0.25, 0.3) is 0 Å². The van der Waals surface area contributed by atoms with Crippen LogP contribution in [0.1, 0.15) is 29.7 Å². The average Bonchev–Trinajstić information content (AvgIpc) is 3.18. The molecule has 1 aliphatic heterocycles. The summed E-state index contributed by atoms with van der Waals surface area (Å²) in [5.41, 5.74) is 7.10. The quantitative estimate of drug-likeness (QED) is 0.420. The van der Waals surface area contributed by atoms with Gasteiger partial charge in [0.05, 0.1) is 49.6 Å². The topological polar surface area (TPSA) is 107 Å². The molecular weight excluding hydrogens is 420 g/mol. The van der Waals surface area contributed by atoms with E-state index in [0.717, 1.165) is 44.8 Å². The molecule has 0 saturated carbocycles. The summed E-state index contributed by atoms with van der Waals surface area (Å²) in [6.07, 6.45) is 3.45. The Morgan fingerprint density at radius 3 is 2.64 bits per heavy atom. The number of nitrogens with one attached hydrogen (secondary N) is 2. The Bertz CT molecular complexity index is 1280. The van der Waals surface area contributed by atoms with Crippen LogP contribution in [0.15, 0.2) is 36.7 Å². The molecule has 0 aromatic carbocycles. The molecule has 0 amide bonds. The minimum Gasteiger partial charge on any atom is -0.481 e. The minimum absolute atomic E-state index is 0.182. The van der Waals surface area contributed by atoms with Crippen molar-refractivity contribution in [1.29, 1.82) is 0 Å². The fourth-order valence-electron chi connectivity index (χ4n) is 4.09. The minimum atomic E-state index is 0.182. The molecule has 0 spiro atoms. The molecule has 0 radical (unpaired) electrons. The molecule has 2 N–H and O–H groups in total. The van der Waals surface area contributed by atoms with Crippen molar-refractivity contribution in [3.63, 3.8) is 0 Å². The Labute approximate surface area is 191 Å². The van der Waals surface area contributed by atoms with E-state index < -0.39 is 0 Å². The molecule has 5 heterocycles. The van der Waals surface area contributed by atoms with E-state index in [9.17, 15) is 0 Å². The third kappa shape index (κ3) is 3.84. The van der Waals surface area contributed by atoms with Crippen LogP contribution in [0.2, 0.25) is 0 Å². The van der Waals surface area contributed by atoms with Crippen molar-refractivity contribution in [3.05, 3.63) is 53.5 Å². The first-order chi connectivity index (χ1) is 16.2. The van der Waals surface area contributed by atoms with Crippen LogP contribution >= 0.6 is 0 Å². The highest BCUT2D eigenvalue weighted by molar-refractivity contribution is 5.95. The van der Waals surface area contributed by atoms with Crippen LogP contribution in [-0.2, 0) is 11.3 Å². The third-order valence-corrected chi connectivity index (χ3v) is 5.75. The number of methoxy groups -OCH3 is 1. The van der Waals surface area contributed by atoms with Gasteiger partial charge in [0.2, 0.25) is 11.8 Å². The van der Waals surface area contributed by atoms with Crippen molar-refractivity contribution in [2.75, 3.05) is 32.2 Å². The number of H-pyrrole nitrogens is 1. The molecule has 5 rings (SSSR count). The molecule has 0 unspecified atom stereocenters. The second-order valence-electron chi connectivity index (χ2n) is 7.84. The molecule has 1 saturated heterocycles. The Kier molecular flexibility index (Phi) is 5.78. The number of aromatic nitrogens is 5. The second-order valence-corrected chi connectivity index (χ2v) is 7.84. The van der Waals surface area contributed by atoms with E-state index >= 15 is 0 Å². The highest BCUT2D eigenvalue weighted by atomic mass is 16.5. The summed E-state index contributed by atoms with van der Waals surface area (Å²) in [5, 5.41) is 11.3. The average molecular weight is 447 g/mol. The van der Waals surface area contributed by atoms with Crippen molar-refractivity contribution >= 4 is 16.7 Å². The van der Waals surface area contributed by atoms with Crippen molar-refractivity contribution in [2.45, 2.75) is 26.3 Å². The molecule has 170 valence electrons. The number of nitrogens with zero attached hydrogens (tertiary/aromatic N) is 4. The van der Waals surface area contributed by atoms with Crippen LogP contribution < -0.4 is 14.8 Å². The van der Waals surface area contributed by atoms with E-state index in [0.29, 0.717) is 38.1 Å². The molecule has 9 heteroatoms. The van der Waals surface area contributed by atoms with Crippen molar-refractivity contribution < 1.29 is 14.2 Å². The summed E-state index contributed by atoms with van der Waals surface area (Å²) in [7, 11) is 1.63. The summed E-state index contributed by atoms with van der Waals surface area (Å²) in [5.74, 6) is 1.34. The third-order valence-electron chi connectivity index (χ3n) is 5.75. The Hall–Kier alpha value is -3.72. The molecule has 1 fully saturated rings. The Balaban J connectivity index is 1.69. The standard InChI is InChI=1S/C24H26N6O3/c1-4-33-24-17(8-6-10-26-24)20-18(16-12-32-13-16)21(22-19(28-20)14(2)29-30-22)27-11-15-7-5-9-25-23(15)31-3/h5-10,16H,4,11-13H2,1-3H3,(H,27,28)(H,29,30). The van der Waals surface area contributed by atoms with Gasteiger partial charge in [0.1, 0.15) is 11.0 Å². The highest BCUT2D eigenvalue weighted by Crippen LogP contribution is 2.43. The molecule has 1 aliphatic rings. The van der Waals surface area contributed by atoms with Crippen LogP contribution in [0.4, 0.5) is 5.69 Å². The summed E-state index contributed by atoms with van der Waals surface area (Å²) in [6.45, 7) is 6.21. The first-order valence-corrected chi connectivity index (χ1v) is 11.0. The lowest BCUT2D eigenvalue weighted by molar-refractivity contribution is 0.00882.